The molecule has 0 aliphatic heterocycles. The van der Waals surface area contributed by atoms with E-state index in [2.05, 4.69) is 0 Å². The van der Waals surface area contributed by atoms with Crippen molar-refractivity contribution in [3.05, 3.63) is 23.8 Å². The van der Waals surface area contributed by atoms with Crippen molar-refractivity contribution in [2.45, 2.75) is 38.4 Å². The average Bonchev–Trinajstić information content (AvgIpc) is 2.75. The molecule has 0 saturated heterocycles. The Kier molecular flexibility index (Phi) is 3.87. The number of carbonyl (C=O) groups is 1. The first-order chi connectivity index (χ1) is 8.61. The molecule has 0 aromatic heterocycles. The van der Waals surface area contributed by atoms with Crippen molar-refractivity contribution in [2.75, 3.05) is 7.11 Å². The predicted molar refractivity (Wildman–Crippen MR) is 67.3 cm³/mol. The van der Waals surface area contributed by atoms with Gasteiger partial charge in [0.1, 0.15) is 6.10 Å². The van der Waals surface area contributed by atoms with Crippen LogP contribution in [0.4, 0.5) is 0 Å². The van der Waals surface area contributed by atoms with Gasteiger partial charge >= 0.3 is 0 Å². The summed E-state index contributed by atoms with van der Waals surface area (Å²) in [5.41, 5.74) is 0.589. The van der Waals surface area contributed by atoms with E-state index in [-0.39, 0.29) is 11.9 Å². The minimum absolute atomic E-state index is 0.0132. The van der Waals surface area contributed by atoms with Crippen LogP contribution < -0.4 is 9.47 Å². The molecule has 0 bridgehead atoms. The minimum atomic E-state index is -0.415. The van der Waals surface area contributed by atoms with Gasteiger partial charge in [-0.2, -0.15) is 0 Å². The molecule has 1 fully saturated rings. The SMILES string of the molecule is COc1cc(C(C)=O)ccc1OC1CCCC1O. The van der Waals surface area contributed by atoms with E-state index >= 15 is 0 Å². The zero-order chi connectivity index (χ0) is 13.1. The monoisotopic (exact) mass is 250 g/mol. The highest BCUT2D eigenvalue weighted by molar-refractivity contribution is 5.94. The van der Waals surface area contributed by atoms with Gasteiger partial charge in [0.15, 0.2) is 17.3 Å². The summed E-state index contributed by atoms with van der Waals surface area (Å²) < 4.78 is 11.0. The Morgan fingerprint density at radius 3 is 2.67 bits per heavy atom. The van der Waals surface area contributed by atoms with Gasteiger partial charge in [0, 0.05) is 5.56 Å². The largest absolute Gasteiger partial charge is 0.493 e. The third-order valence-electron chi connectivity index (χ3n) is 3.27. The Hall–Kier alpha value is -1.55. The number of aliphatic hydroxyl groups is 1. The summed E-state index contributed by atoms with van der Waals surface area (Å²) in [6, 6.07) is 5.10. The third kappa shape index (κ3) is 2.64. The molecular weight excluding hydrogens is 232 g/mol. The number of hydrogen-bond acceptors (Lipinski definition) is 4. The van der Waals surface area contributed by atoms with Gasteiger partial charge in [-0.25, -0.2) is 0 Å². The molecule has 1 aromatic carbocycles. The third-order valence-corrected chi connectivity index (χ3v) is 3.27. The molecule has 18 heavy (non-hydrogen) atoms. The molecule has 2 unspecified atom stereocenters. The van der Waals surface area contributed by atoms with Crippen molar-refractivity contribution in [2.24, 2.45) is 0 Å². The molecule has 1 aliphatic rings. The van der Waals surface area contributed by atoms with E-state index in [0.29, 0.717) is 17.1 Å². The summed E-state index contributed by atoms with van der Waals surface area (Å²) in [4.78, 5) is 11.3. The zero-order valence-electron chi connectivity index (χ0n) is 10.7. The summed E-state index contributed by atoms with van der Waals surface area (Å²) in [6.45, 7) is 1.51. The number of ketones is 1. The Morgan fingerprint density at radius 2 is 2.11 bits per heavy atom. The lowest BCUT2D eigenvalue weighted by atomic mass is 10.1. The van der Waals surface area contributed by atoms with E-state index in [0.717, 1.165) is 19.3 Å². The average molecular weight is 250 g/mol. The van der Waals surface area contributed by atoms with Gasteiger partial charge < -0.3 is 14.6 Å². The van der Waals surface area contributed by atoms with E-state index < -0.39 is 6.10 Å². The minimum Gasteiger partial charge on any atom is -0.493 e. The first-order valence-corrected chi connectivity index (χ1v) is 6.15. The molecule has 2 rings (SSSR count). The maximum atomic E-state index is 11.3. The molecule has 1 N–H and O–H groups in total. The summed E-state index contributed by atoms with van der Waals surface area (Å²) in [7, 11) is 1.54. The number of Topliss-reactive ketones (excluding diaryl/α,β-unsaturated/α-hetero) is 1. The van der Waals surface area contributed by atoms with Crippen LogP contribution in [0.1, 0.15) is 36.5 Å². The molecule has 1 aromatic rings. The van der Waals surface area contributed by atoms with Gasteiger partial charge in [-0.1, -0.05) is 0 Å². The topological polar surface area (TPSA) is 55.8 Å². The summed E-state index contributed by atoms with van der Waals surface area (Å²) >= 11 is 0. The maximum Gasteiger partial charge on any atom is 0.161 e. The molecule has 0 amide bonds. The van der Waals surface area contributed by atoms with Crippen molar-refractivity contribution >= 4 is 5.78 Å². The normalized spacial score (nSPS) is 22.8. The van der Waals surface area contributed by atoms with Crippen LogP contribution >= 0.6 is 0 Å². The molecule has 0 spiro atoms. The highest BCUT2D eigenvalue weighted by Gasteiger charge is 2.27. The Bertz CT molecular complexity index is 441. The highest BCUT2D eigenvalue weighted by atomic mass is 16.5. The van der Waals surface area contributed by atoms with Crippen molar-refractivity contribution in [3.63, 3.8) is 0 Å². The predicted octanol–water partition coefficient (Wildman–Crippen LogP) is 2.19. The van der Waals surface area contributed by atoms with Gasteiger partial charge in [-0.05, 0) is 44.4 Å². The fourth-order valence-corrected chi connectivity index (χ4v) is 2.19. The van der Waals surface area contributed by atoms with E-state index in [1.807, 2.05) is 0 Å². The van der Waals surface area contributed by atoms with Crippen molar-refractivity contribution < 1.29 is 19.4 Å². The second-order valence-corrected chi connectivity index (χ2v) is 4.58. The molecule has 1 aliphatic carbocycles. The lowest BCUT2D eigenvalue weighted by Crippen LogP contribution is -2.25. The van der Waals surface area contributed by atoms with Gasteiger partial charge in [0.25, 0.3) is 0 Å². The molecular formula is C14H18O4. The Morgan fingerprint density at radius 1 is 1.33 bits per heavy atom. The van der Waals surface area contributed by atoms with Crippen LogP contribution in [0.2, 0.25) is 0 Å². The standard InChI is InChI=1S/C14H18O4/c1-9(15)10-6-7-13(14(8-10)17-2)18-12-5-3-4-11(12)16/h6-8,11-12,16H,3-5H2,1-2H3. The van der Waals surface area contributed by atoms with E-state index in [1.165, 1.54) is 14.0 Å². The van der Waals surface area contributed by atoms with Gasteiger partial charge in [-0.15, -0.1) is 0 Å². The van der Waals surface area contributed by atoms with Crippen LogP contribution in [-0.2, 0) is 0 Å². The van der Waals surface area contributed by atoms with Crippen LogP contribution in [0.5, 0.6) is 11.5 Å². The molecule has 4 heteroatoms. The molecule has 2 atom stereocenters. The number of aliphatic hydroxyl groups excluding tert-OH is 1. The van der Waals surface area contributed by atoms with Crippen LogP contribution in [0.3, 0.4) is 0 Å². The first kappa shape index (κ1) is 12.9. The summed E-state index contributed by atoms with van der Waals surface area (Å²) in [5, 5.41) is 9.74. The quantitative estimate of drug-likeness (QED) is 0.832. The van der Waals surface area contributed by atoms with Crippen molar-refractivity contribution in [1.82, 2.24) is 0 Å². The van der Waals surface area contributed by atoms with Crippen LogP contribution in [0.25, 0.3) is 0 Å². The van der Waals surface area contributed by atoms with Gasteiger partial charge in [-0.3, -0.25) is 4.79 Å². The van der Waals surface area contributed by atoms with E-state index in [4.69, 9.17) is 9.47 Å². The van der Waals surface area contributed by atoms with E-state index in [9.17, 15) is 9.90 Å². The highest BCUT2D eigenvalue weighted by Crippen LogP contribution is 2.32. The van der Waals surface area contributed by atoms with Gasteiger partial charge in [0.2, 0.25) is 0 Å². The molecule has 1 saturated carbocycles. The van der Waals surface area contributed by atoms with Crippen LogP contribution in [0.15, 0.2) is 18.2 Å². The summed E-state index contributed by atoms with van der Waals surface area (Å²) in [6.07, 6.45) is 2.00. The number of hydrogen-bond donors (Lipinski definition) is 1. The number of carbonyl (C=O) groups excluding carboxylic acids is 1. The van der Waals surface area contributed by atoms with E-state index in [1.54, 1.807) is 18.2 Å². The molecule has 0 heterocycles. The molecule has 98 valence electrons. The molecule has 4 nitrogen and oxygen atoms in total. The summed E-state index contributed by atoms with van der Waals surface area (Å²) in [5.74, 6) is 1.09. The lowest BCUT2D eigenvalue weighted by Gasteiger charge is -2.19. The number of methoxy groups -OCH3 is 1. The number of benzene rings is 1. The lowest BCUT2D eigenvalue weighted by molar-refractivity contribution is 0.0586. The second kappa shape index (κ2) is 5.40. The number of rotatable bonds is 4. The van der Waals surface area contributed by atoms with Crippen LogP contribution in [-0.4, -0.2) is 30.2 Å². The molecule has 0 radical (unpaired) electrons. The zero-order valence-corrected chi connectivity index (χ0v) is 10.7. The fraction of sp³-hybridized carbons (Fsp3) is 0.500. The second-order valence-electron chi connectivity index (χ2n) is 4.58. The first-order valence-electron chi connectivity index (χ1n) is 6.15. The smallest absolute Gasteiger partial charge is 0.161 e. The Labute approximate surface area is 107 Å². The number of ether oxygens (including phenoxy) is 2. The van der Waals surface area contributed by atoms with Crippen LogP contribution in [0, 0.1) is 0 Å². The fourth-order valence-electron chi connectivity index (χ4n) is 2.19. The Balaban J connectivity index is 2.19. The van der Waals surface area contributed by atoms with Crippen molar-refractivity contribution in [3.8, 4) is 11.5 Å². The van der Waals surface area contributed by atoms with Gasteiger partial charge in [0.05, 0.1) is 13.2 Å². The van der Waals surface area contributed by atoms with Crippen molar-refractivity contribution in [1.29, 1.82) is 0 Å². The maximum absolute atomic E-state index is 11.3.